The minimum atomic E-state index is 0.00526. The molecule has 1 fully saturated rings. The Bertz CT molecular complexity index is 441. The first kappa shape index (κ1) is 14.1. The third-order valence-electron chi connectivity index (χ3n) is 3.65. The first-order valence-corrected chi connectivity index (χ1v) is 7.13. The van der Waals surface area contributed by atoms with Crippen molar-refractivity contribution in [2.24, 2.45) is 7.05 Å². The molecule has 1 unspecified atom stereocenters. The number of carbonyl (C=O) groups excluding carboxylic acids is 1. The van der Waals surface area contributed by atoms with Crippen LogP contribution < -0.4 is 5.32 Å². The molecule has 1 aliphatic heterocycles. The molecule has 5 nitrogen and oxygen atoms in total. The molecule has 0 spiro atoms. The van der Waals surface area contributed by atoms with Gasteiger partial charge in [-0.1, -0.05) is 6.92 Å². The number of hydrogen-bond donors (Lipinski definition) is 1. The zero-order valence-corrected chi connectivity index (χ0v) is 12.1. The quantitative estimate of drug-likeness (QED) is 0.870. The van der Waals surface area contributed by atoms with Gasteiger partial charge in [0.05, 0.1) is 11.7 Å². The Balaban J connectivity index is 1.99. The van der Waals surface area contributed by atoms with Crippen molar-refractivity contribution < 1.29 is 4.79 Å². The predicted molar refractivity (Wildman–Crippen MR) is 74.7 cm³/mol. The molecule has 2 rings (SSSR count). The van der Waals surface area contributed by atoms with Gasteiger partial charge in [-0.15, -0.1) is 0 Å². The molecule has 1 aliphatic rings. The lowest BCUT2D eigenvalue weighted by molar-refractivity contribution is -0.136. The number of amides is 1. The van der Waals surface area contributed by atoms with E-state index < -0.39 is 0 Å². The molecule has 0 saturated carbocycles. The van der Waals surface area contributed by atoms with E-state index in [1.807, 2.05) is 29.7 Å². The number of rotatable bonds is 5. The summed E-state index contributed by atoms with van der Waals surface area (Å²) in [6.07, 6.45) is 5.10. The molecule has 2 heterocycles. The van der Waals surface area contributed by atoms with Gasteiger partial charge in [0.1, 0.15) is 0 Å². The van der Waals surface area contributed by atoms with Gasteiger partial charge in [-0.3, -0.25) is 9.48 Å². The molecule has 0 aliphatic carbocycles. The first-order chi connectivity index (χ1) is 9.11. The van der Waals surface area contributed by atoms with Crippen LogP contribution >= 0.6 is 0 Å². The van der Waals surface area contributed by atoms with E-state index in [2.05, 4.69) is 17.3 Å². The van der Waals surface area contributed by atoms with Crippen LogP contribution in [0.5, 0.6) is 0 Å². The number of carbonyl (C=O) groups is 1. The maximum absolute atomic E-state index is 12.4. The van der Waals surface area contributed by atoms with Gasteiger partial charge in [-0.05, 0) is 32.7 Å². The molecule has 1 saturated heterocycles. The molecule has 0 bridgehead atoms. The van der Waals surface area contributed by atoms with Gasteiger partial charge in [0, 0.05) is 31.9 Å². The Morgan fingerprint density at radius 2 is 2.32 bits per heavy atom. The molecule has 1 aromatic heterocycles. The van der Waals surface area contributed by atoms with Crippen LogP contribution in [0.1, 0.15) is 37.4 Å². The van der Waals surface area contributed by atoms with Crippen molar-refractivity contribution in [3.8, 4) is 0 Å². The monoisotopic (exact) mass is 264 g/mol. The Hall–Kier alpha value is -1.36. The number of likely N-dealkylation sites (tertiary alicyclic amines) is 1. The maximum Gasteiger partial charge on any atom is 0.240 e. The van der Waals surface area contributed by atoms with E-state index >= 15 is 0 Å². The Morgan fingerprint density at radius 1 is 1.53 bits per heavy atom. The van der Waals surface area contributed by atoms with Crippen molar-refractivity contribution in [3.63, 3.8) is 0 Å². The number of nitrogens with zero attached hydrogens (tertiary/aromatic N) is 3. The lowest BCUT2D eigenvalue weighted by atomic mass is 10.0. The SMILES string of the molecule is CCCNC1CCCN(Cc2cn(C)nc2C)C1=O. The zero-order chi connectivity index (χ0) is 13.8. The van der Waals surface area contributed by atoms with Crippen molar-refractivity contribution in [2.45, 2.75) is 45.7 Å². The summed E-state index contributed by atoms with van der Waals surface area (Å²) in [5, 5.41) is 7.68. The van der Waals surface area contributed by atoms with E-state index in [4.69, 9.17) is 0 Å². The smallest absolute Gasteiger partial charge is 0.240 e. The topological polar surface area (TPSA) is 50.2 Å². The second-order valence-corrected chi connectivity index (χ2v) is 5.32. The highest BCUT2D eigenvalue weighted by atomic mass is 16.2. The van der Waals surface area contributed by atoms with Gasteiger partial charge in [0.25, 0.3) is 0 Å². The summed E-state index contributed by atoms with van der Waals surface area (Å²) in [6.45, 7) is 6.57. The Morgan fingerprint density at radius 3 is 2.95 bits per heavy atom. The first-order valence-electron chi connectivity index (χ1n) is 7.13. The van der Waals surface area contributed by atoms with Gasteiger partial charge < -0.3 is 10.2 Å². The fourth-order valence-electron chi connectivity index (χ4n) is 2.61. The zero-order valence-electron chi connectivity index (χ0n) is 12.1. The largest absolute Gasteiger partial charge is 0.337 e. The van der Waals surface area contributed by atoms with E-state index in [0.717, 1.165) is 43.6 Å². The number of aryl methyl sites for hydroxylation is 2. The molecular formula is C14H24N4O. The van der Waals surface area contributed by atoms with Gasteiger partial charge in [-0.2, -0.15) is 5.10 Å². The molecule has 5 heteroatoms. The van der Waals surface area contributed by atoms with Gasteiger partial charge >= 0.3 is 0 Å². The van der Waals surface area contributed by atoms with Crippen LogP contribution in [-0.2, 0) is 18.4 Å². The second-order valence-electron chi connectivity index (χ2n) is 5.32. The van der Waals surface area contributed by atoms with E-state index in [-0.39, 0.29) is 11.9 Å². The fraction of sp³-hybridized carbons (Fsp3) is 0.714. The molecule has 1 amide bonds. The van der Waals surface area contributed by atoms with Crippen LogP contribution in [0.2, 0.25) is 0 Å². The van der Waals surface area contributed by atoms with Crippen LogP contribution in [-0.4, -0.2) is 39.7 Å². The lowest BCUT2D eigenvalue weighted by Gasteiger charge is -2.32. The van der Waals surface area contributed by atoms with Crippen molar-refractivity contribution in [1.82, 2.24) is 20.0 Å². The van der Waals surface area contributed by atoms with Crippen LogP contribution in [0.3, 0.4) is 0 Å². The van der Waals surface area contributed by atoms with E-state index in [1.54, 1.807) is 0 Å². The molecular weight excluding hydrogens is 240 g/mol. The van der Waals surface area contributed by atoms with Crippen molar-refractivity contribution in [2.75, 3.05) is 13.1 Å². The van der Waals surface area contributed by atoms with Crippen LogP contribution in [0.25, 0.3) is 0 Å². The highest BCUT2D eigenvalue weighted by molar-refractivity contribution is 5.82. The molecule has 106 valence electrons. The van der Waals surface area contributed by atoms with Crippen molar-refractivity contribution >= 4 is 5.91 Å². The van der Waals surface area contributed by atoms with Gasteiger partial charge in [0.15, 0.2) is 0 Å². The highest BCUT2D eigenvalue weighted by Gasteiger charge is 2.28. The fourth-order valence-corrected chi connectivity index (χ4v) is 2.61. The van der Waals surface area contributed by atoms with Gasteiger partial charge in [0.2, 0.25) is 5.91 Å². The average molecular weight is 264 g/mol. The van der Waals surface area contributed by atoms with Crippen LogP contribution in [0.15, 0.2) is 6.20 Å². The summed E-state index contributed by atoms with van der Waals surface area (Å²) < 4.78 is 1.81. The summed E-state index contributed by atoms with van der Waals surface area (Å²) in [6, 6.07) is 0.00526. The summed E-state index contributed by atoms with van der Waals surface area (Å²) in [7, 11) is 1.92. The van der Waals surface area contributed by atoms with Crippen LogP contribution in [0.4, 0.5) is 0 Å². The third kappa shape index (κ3) is 3.35. The minimum absolute atomic E-state index is 0.00526. The lowest BCUT2D eigenvalue weighted by Crippen LogP contribution is -2.50. The highest BCUT2D eigenvalue weighted by Crippen LogP contribution is 2.16. The van der Waals surface area contributed by atoms with Gasteiger partial charge in [-0.25, -0.2) is 0 Å². The van der Waals surface area contributed by atoms with Crippen LogP contribution in [0, 0.1) is 6.92 Å². The number of hydrogen-bond acceptors (Lipinski definition) is 3. The molecule has 1 atom stereocenters. The average Bonchev–Trinajstić information content (AvgIpc) is 2.69. The molecule has 19 heavy (non-hydrogen) atoms. The number of piperidine rings is 1. The minimum Gasteiger partial charge on any atom is -0.337 e. The number of nitrogens with one attached hydrogen (secondary N) is 1. The van der Waals surface area contributed by atoms with E-state index in [0.29, 0.717) is 6.54 Å². The van der Waals surface area contributed by atoms with E-state index in [9.17, 15) is 4.79 Å². The normalized spacial score (nSPS) is 20.1. The Kier molecular flexibility index (Phi) is 4.58. The molecule has 1 aromatic rings. The standard InChI is InChI=1S/C14H24N4O/c1-4-7-15-13-6-5-8-18(14(13)19)10-12-9-17(3)16-11(12)2/h9,13,15H,4-8,10H2,1-3H3. The Labute approximate surface area is 115 Å². The van der Waals surface area contributed by atoms with Crippen molar-refractivity contribution in [3.05, 3.63) is 17.5 Å². The summed E-state index contributed by atoms with van der Waals surface area (Å²) >= 11 is 0. The summed E-state index contributed by atoms with van der Waals surface area (Å²) in [5.74, 6) is 0.239. The molecule has 0 aromatic carbocycles. The molecule has 0 radical (unpaired) electrons. The predicted octanol–water partition coefficient (Wildman–Crippen LogP) is 1.22. The van der Waals surface area contributed by atoms with Crippen molar-refractivity contribution in [1.29, 1.82) is 0 Å². The van der Waals surface area contributed by atoms with E-state index in [1.165, 1.54) is 0 Å². The number of aromatic nitrogens is 2. The maximum atomic E-state index is 12.4. The molecule has 1 N–H and O–H groups in total. The summed E-state index contributed by atoms with van der Waals surface area (Å²) in [5.41, 5.74) is 2.16. The third-order valence-corrected chi connectivity index (χ3v) is 3.65. The summed E-state index contributed by atoms with van der Waals surface area (Å²) in [4.78, 5) is 14.3. The second kappa shape index (κ2) is 6.19.